The Morgan fingerprint density at radius 3 is 1.44 bits per heavy atom. The summed E-state index contributed by atoms with van der Waals surface area (Å²) < 4.78 is 0. The first-order chi connectivity index (χ1) is 4.26. The topological polar surface area (TPSA) is 0 Å². The van der Waals surface area contributed by atoms with Crippen molar-refractivity contribution in [3.8, 4) is 0 Å². The van der Waals surface area contributed by atoms with Crippen LogP contribution in [0.15, 0.2) is 24.3 Å². The van der Waals surface area contributed by atoms with Crippen LogP contribution in [0.5, 0.6) is 0 Å². The number of rotatable bonds is 0. The van der Waals surface area contributed by atoms with Gasteiger partial charge in [-0.1, -0.05) is 24.3 Å². The van der Waals surface area contributed by atoms with E-state index in [1.165, 1.54) is 36.8 Å². The second kappa shape index (κ2) is 1.31. The summed E-state index contributed by atoms with van der Waals surface area (Å²) in [4.78, 5) is 0. The fourth-order valence-corrected chi connectivity index (χ4v) is 1.94. The van der Waals surface area contributed by atoms with Crippen molar-refractivity contribution >= 4 is 0 Å². The van der Waals surface area contributed by atoms with Gasteiger partial charge < -0.3 is 0 Å². The molecule has 0 radical (unpaired) electrons. The van der Waals surface area contributed by atoms with Crippen molar-refractivity contribution < 1.29 is 0 Å². The van der Waals surface area contributed by atoms with E-state index in [9.17, 15) is 0 Å². The lowest BCUT2D eigenvalue weighted by molar-refractivity contribution is 0.204. The summed E-state index contributed by atoms with van der Waals surface area (Å²) in [6.45, 7) is 8.05. The monoisotopic (exact) mass is 120 g/mol. The van der Waals surface area contributed by atoms with Crippen molar-refractivity contribution in [3.63, 3.8) is 0 Å². The molecule has 2 rings (SSSR count). The average molecular weight is 120 g/mol. The molecule has 0 atom stereocenters. The fourth-order valence-electron chi connectivity index (χ4n) is 1.94. The highest BCUT2D eigenvalue weighted by atomic mass is 14.5. The Labute approximate surface area is 56.3 Å². The van der Waals surface area contributed by atoms with Crippen molar-refractivity contribution in [2.75, 3.05) is 0 Å². The molecule has 48 valence electrons. The van der Waals surface area contributed by atoms with E-state index in [0.717, 1.165) is 0 Å². The summed E-state index contributed by atoms with van der Waals surface area (Å²) in [5.41, 5.74) is 3.36. The molecule has 9 heavy (non-hydrogen) atoms. The standard InChI is InChI=1S/C9H12/c1-7-3-5-9(7)6-4-8(9)2/h1-6H2. The minimum absolute atomic E-state index is 0.472. The van der Waals surface area contributed by atoms with Crippen molar-refractivity contribution in [2.45, 2.75) is 25.7 Å². The lowest BCUT2D eigenvalue weighted by atomic mass is 9.51. The second-order valence-electron chi connectivity index (χ2n) is 3.29. The Morgan fingerprint density at radius 2 is 1.44 bits per heavy atom. The Bertz CT molecular complexity index is 164. The first-order valence-electron chi connectivity index (χ1n) is 3.62. The molecule has 0 nitrogen and oxygen atoms in total. The van der Waals surface area contributed by atoms with Crippen LogP contribution in [0.25, 0.3) is 0 Å². The van der Waals surface area contributed by atoms with Crippen molar-refractivity contribution in [1.82, 2.24) is 0 Å². The largest absolute Gasteiger partial charge is 0.0990 e. The lowest BCUT2D eigenvalue weighted by Crippen LogP contribution is -2.40. The molecule has 0 aliphatic heterocycles. The molecule has 0 N–H and O–H groups in total. The summed E-state index contributed by atoms with van der Waals surface area (Å²) in [6.07, 6.45) is 5.17. The van der Waals surface area contributed by atoms with Crippen molar-refractivity contribution in [3.05, 3.63) is 24.3 Å². The normalized spacial score (nSPS) is 29.8. The zero-order valence-electron chi connectivity index (χ0n) is 5.74. The molecule has 2 saturated carbocycles. The van der Waals surface area contributed by atoms with Crippen LogP contribution in [-0.4, -0.2) is 0 Å². The summed E-state index contributed by atoms with van der Waals surface area (Å²) in [7, 11) is 0. The molecular formula is C9H12. The molecule has 0 bridgehead atoms. The highest BCUT2D eigenvalue weighted by Gasteiger charge is 2.48. The van der Waals surface area contributed by atoms with Crippen molar-refractivity contribution in [1.29, 1.82) is 0 Å². The minimum Gasteiger partial charge on any atom is -0.0990 e. The maximum absolute atomic E-state index is 4.03. The average Bonchev–Trinajstić information content (AvgIpc) is 1.82. The molecule has 0 amide bonds. The second-order valence-corrected chi connectivity index (χ2v) is 3.29. The van der Waals surface area contributed by atoms with Crippen LogP contribution in [0.1, 0.15) is 25.7 Å². The summed E-state index contributed by atoms with van der Waals surface area (Å²) in [6, 6.07) is 0. The molecular weight excluding hydrogens is 108 g/mol. The Hall–Kier alpha value is -0.520. The van der Waals surface area contributed by atoms with Gasteiger partial charge in [-0.05, 0) is 25.7 Å². The third-order valence-corrected chi connectivity index (χ3v) is 3.06. The van der Waals surface area contributed by atoms with Gasteiger partial charge in [0.2, 0.25) is 0 Å². The molecule has 0 saturated heterocycles. The molecule has 1 spiro atoms. The van der Waals surface area contributed by atoms with Gasteiger partial charge in [0.05, 0.1) is 0 Å². The van der Waals surface area contributed by atoms with Gasteiger partial charge in [-0.15, -0.1) is 0 Å². The Balaban J connectivity index is 2.26. The van der Waals surface area contributed by atoms with Crippen LogP contribution in [0.4, 0.5) is 0 Å². The van der Waals surface area contributed by atoms with E-state index in [1.54, 1.807) is 0 Å². The molecule has 2 aliphatic rings. The lowest BCUT2D eigenvalue weighted by Gasteiger charge is -2.53. The highest BCUT2D eigenvalue weighted by molar-refractivity contribution is 5.38. The van der Waals surface area contributed by atoms with Crippen LogP contribution in [0, 0.1) is 5.41 Å². The zero-order valence-corrected chi connectivity index (χ0v) is 5.74. The third-order valence-electron chi connectivity index (χ3n) is 3.06. The van der Waals surface area contributed by atoms with Gasteiger partial charge in [0, 0.05) is 5.41 Å². The van der Waals surface area contributed by atoms with Crippen molar-refractivity contribution in [2.24, 2.45) is 5.41 Å². The predicted molar refractivity (Wildman–Crippen MR) is 39.2 cm³/mol. The molecule has 0 aromatic carbocycles. The Morgan fingerprint density at radius 1 is 1.00 bits per heavy atom. The van der Waals surface area contributed by atoms with Gasteiger partial charge in [0.25, 0.3) is 0 Å². The van der Waals surface area contributed by atoms with Gasteiger partial charge in [-0.25, -0.2) is 0 Å². The smallest absolute Gasteiger partial charge is 0.0121 e. The van der Waals surface area contributed by atoms with E-state index in [4.69, 9.17) is 0 Å². The fraction of sp³-hybridized carbons (Fsp3) is 0.556. The zero-order chi connectivity index (χ0) is 6.48. The van der Waals surface area contributed by atoms with Gasteiger partial charge in [0.1, 0.15) is 0 Å². The quantitative estimate of drug-likeness (QED) is 0.431. The number of allylic oxidation sites excluding steroid dienone is 2. The number of hydrogen-bond acceptors (Lipinski definition) is 0. The van der Waals surface area contributed by atoms with Crippen LogP contribution >= 0.6 is 0 Å². The highest BCUT2D eigenvalue weighted by Crippen LogP contribution is 2.61. The van der Waals surface area contributed by atoms with Crippen LogP contribution in [-0.2, 0) is 0 Å². The van der Waals surface area contributed by atoms with Crippen LogP contribution < -0.4 is 0 Å². The van der Waals surface area contributed by atoms with E-state index < -0.39 is 0 Å². The molecule has 0 unspecified atom stereocenters. The molecule has 0 aromatic rings. The van der Waals surface area contributed by atoms with Crippen LogP contribution in [0.3, 0.4) is 0 Å². The molecule has 2 fully saturated rings. The summed E-state index contributed by atoms with van der Waals surface area (Å²) >= 11 is 0. The molecule has 0 heterocycles. The maximum Gasteiger partial charge on any atom is 0.0121 e. The first kappa shape index (κ1) is 5.28. The predicted octanol–water partition coefficient (Wildman–Crippen LogP) is 2.67. The first-order valence-corrected chi connectivity index (χ1v) is 3.62. The minimum atomic E-state index is 0.472. The maximum atomic E-state index is 4.03. The SMILES string of the molecule is C=C1CCC12CCC2=C. The molecule has 2 aliphatic carbocycles. The van der Waals surface area contributed by atoms with Gasteiger partial charge in [0.15, 0.2) is 0 Å². The summed E-state index contributed by atoms with van der Waals surface area (Å²) in [5, 5.41) is 0. The Kier molecular flexibility index (Phi) is 0.769. The summed E-state index contributed by atoms with van der Waals surface area (Å²) in [5.74, 6) is 0. The van der Waals surface area contributed by atoms with Gasteiger partial charge in [-0.3, -0.25) is 0 Å². The van der Waals surface area contributed by atoms with Gasteiger partial charge >= 0.3 is 0 Å². The van der Waals surface area contributed by atoms with Gasteiger partial charge in [-0.2, -0.15) is 0 Å². The number of hydrogen-bond donors (Lipinski definition) is 0. The van der Waals surface area contributed by atoms with Crippen LogP contribution in [0.2, 0.25) is 0 Å². The molecule has 0 heteroatoms. The van der Waals surface area contributed by atoms with E-state index in [0.29, 0.717) is 5.41 Å². The third kappa shape index (κ3) is 0.407. The van der Waals surface area contributed by atoms with E-state index in [-0.39, 0.29) is 0 Å². The van der Waals surface area contributed by atoms with E-state index >= 15 is 0 Å². The van der Waals surface area contributed by atoms with E-state index in [1.807, 2.05) is 0 Å². The van der Waals surface area contributed by atoms with E-state index in [2.05, 4.69) is 13.2 Å². The molecule has 0 aromatic heterocycles.